The first-order chi connectivity index (χ1) is 4.18. The fourth-order valence-electron chi connectivity index (χ4n) is 0.463. The van der Waals surface area contributed by atoms with Crippen LogP contribution < -0.4 is 5.32 Å². The van der Waals surface area contributed by atoms with E-state index >= 15 is 0 Å². The minimum atomic E-state index is -0.350. The third-order valence-electron chi connectivity index (χ3n) is 1.30. The van der Waals surface area contributed by atoms with Gasteiger partial charge in [0.25, 0.3) is 0 Å². The molecule has 0 aromatic carbocycles. The largest absolute Gasteiger partial charge is 0.395 e. The first-order valence-electron chi connectivity index (χ1n) is 3.20. The van der Waals surface area contributed by atoms with E-state index in [1.165, 1.54) is 0 Å². The zero-order valence-corrected chi connectivity index (χ0v) is 5.96. The lowest BCUT2D eigenvalue weighted by Gasteiger charge is -2.14. The van der Waals surface area contributed by atoms with Crippen molar-refractivity contribution in [2.24, 2.45) is 0 Å². The standard InChI is InChI=1S/C6H15NO2/c1-5(6(2)9)7-3-4-8/h5-9H,3-4H2,1-2H3. The minimum Gasteiger partial charge on any atom is -0.395 e. The molecule has 0 amide bonds. The molecule has 2 atom stereocenters. The van der Waals surface area contributed by atoms with Gasteiger partial charge in [0.15, 0.2) is 0 Å². The van der Waals surface area contributed by atoms with Crippen molar-refractivity contribution in [3.8, 4) is 0 Å². The van der Waals surface area contributed by atoms with E-state index in [1.807, 2.05) is 6.92 Å². The van der Waals surface area contributed by atoms with Gasteiger partial charge in [0.1, 0.15) is 0 Å². The molecule has 0 aromatic heterocycles. The molecule has 0 aliphatic heterocycles. The van der Waals surface area contributed by atoms with Gasteiger partial charge in [-0.3, -0.25) is 0 Å². The van der Waals surface area contributed by atoms with Crippen LogP contribution in [0.4, 0.5) is 0 Å². The summed E-state index contributed by atoms with van der Waals surface area (Å²) in [5.74, 6) is 0. The summed E-state index contributed by atoms with van der Waals surface area (Å²) in [4.78, 5) is 0. The second kappa shape index (κ2) is 4.73. The van der Waals surface area contributed by atoms with E-state index in [-0.39, 0.29) is 18.8 Å². The molecule has 0 radical (unpaired) electrons. The van der Waals surface area contributed by atoms with Gasteiger partial charge in [0.2, 0.25) is 0 Å². The summed E-state index contributed by atoms with van der Waals surface area (Å²) in [6, 6.07) is 0.0668. The van der Waals surface area contributed by atoms with E-state index in [0.717, 1.165) is 0 Å². The summed E-state index contributed by atoms with van der Waals surface area (Å²) in [5, 5.41) is 20.2. The van der Waals surface area contributed by atoms with Crippen molar-refractivity contribution >= 4 is 0 Å². The van der Waals surface area contributed by atoms with Crippen LogP contribution in [0.1, 0.15) is 13.8 Å². The van der Waals surface area contributed by atoms with Gasteiger partial charge in [-0.25, -0.2) is 0 Å². The van der Waals surface area contributed by atoms with Crippen molar-refractivity contribution < 1.29 is 10.2 Å². The summed E-state index contributed by atoms with van der Waals surface area (Å²) in [5.41, 5.74) is 0. The zero-order valence-electron chi connectivity index (χ0n) is 5.96. The summed E-state index contributed by atoms with van der Waals surface area (Å²) in [7, 11) is 0. The maximum Gasteiger partial charge on any atom is 0.0662 e. The minimum absolute atomic E-state index is 0.0668. The van der Waals surface area contributed by atoms with E-state index in [0.29, 0.717) is 6.54 Å². The lowest BCUT2D eigenvalue weighted by molar-refractivity contribution is 0.148. The second-order valence-corrected chi connectivity index (χ2v) is 2.21. The molecular formula is C6H15NO2. The highest BCUT2D eigenvalue weighted by Crippen LogP contribution is 1.87. The Hall–Kier alpha value is -0.120. The van der Waals surface area contributed by atoms with Crippen molar-refractivity contribution in [2.75, 3.05) is 13.2 Å². The summed E-state index contributed by atoms with van der Waals surface area (Å²) in [6.45, 7) is 4.26. The van der Waals surface area contributed by atoms with Crippen LogP contribution in [-0.4, -0.2) is 35.5 Å². The Labute approximate surface area is 55.7 Å². The molecule has 3 N–H and O–H groups in total. The molecule has 0 fully saturated rings. The number of hydrogen-bond donors (Lipinski definition) is 3. The fraction of sp³-hybridized carbons (Fsp3) is 1.00. The van der Waals surface area contributed by atoms with Crippen LogP contribution in [-0.2, 0) is 0 Å². The molecule has 0 aromatic rings. The number of aliphatic hydroxyl groups is 2. The van der Waals surface area contributed by atoms with E-state index in [1.54, 1.807) is 6.92 Å². The average Bonchev–Trinajstić information content (AvgIpc) is 1.82. The molecular weight excluding hydrogens is 118 g/mol. The van der Waals surface area contributed by atoms with Gasteiger partial charge < -0.3 is 15.5 Å². The highest BCUT2D eigenvalue weighted by Gasteiger charge is 2.05. The topological polar surface area (TPSA) is 52.5 Å². The van der Waals surface area contributed by atoms with Gasteiger partial charge in [-0.1, -0.05) is 0 Å². The summed E-state index contributed by atoms with van der Waals surface area (Å²) in [6.07, 6.45) is -0.350. The van der Waals surface area contributed by atoms with Crippen LogP contribution in [0.15, 0.2) is 0 Å². The van der Waals surface area contributed by atoms with Crippen molar-refractivity contribution in [2.45, 2.75) is 26.0 Å². The smallest absolute Gasteiger partial charge is 0.0662 e. The molecule has 0 aliphatic rings. The third kappa shape index (κ3) is 4.39. The molecule has 9 heavy (non-hydrogen) atoms. The highest BCUT2D eigenvalue weighted by molar-refractivity contribution is 4.64. The van der Waals surface area contributed by atoms with Crippen LogP contribution in [0.3, 0.4) is 0 Å². The lowest BCUT2D eigenvalue weighted by Crippen LogP contribution is -2.36. The van der Waals surface area contributed by atoms with E-state index < -0.39 is 0 Å². The van der Waals surface area contributed by atoms with Crippen molar-refractivity contribution in [3.63, 3.8) is 0 Å². The maximum absolute atomic E-state index is 8.90. The van der Waals surface area contributed by atoms with Crippen LogP contribution in [0, 0.1) is 0 Å². The predicted octanol–water partition coefficient (Wildman–Crippen LogP) is -0.662. The Bertz CT molecular complexity index is 66.1. The molecule has 0 rings (SSSR count). The SMILES string of the molecule is CC(O)C(C)NCCO. The fourth-order valence-corrected chi connectivity index (χ4v) is 0.463. The molecule has 0 saturated carbocycles. The first kappa shape index (κ1) is 8.88. The second-order valence-electron chi connectivity index (χ2n) is 2.21. The van der Waals surface area contributed by atoms with Gasteiger partial charge in [0.05, 0.1) is 12.7 Å². The maximum atomic E-state index is 8.90. The van der Waals surface area contributed by atoms with Crippen molar-refractivity contribution in [1.29, 1.82) is 0 Å². The predicted molar refractivity (Wildman–Crippen MR) is 36.2 cm³/mol. The van der Waals surface area contributed by atoms with Crippen LogP contribution in [0.25, 0.3) is 0 Å². The van der Waals surface area contributed by atoms with E-state index in [2.05, 4.69) is 5.32 Å². The van der Waals surface area contributed by atoms with Crippen LogP contribution in [0.5, 0.6) is 0 Å². The zero-order chi connectivity index (χ0) is 7.28. The molecule has 3 nitrogen and oxygen atoms in total. The Kier molecular flexibility index (Phi) is 4.67. The molecule has 56 valence electrons. The number of aliphatic hydroxyl groups excluding tert-OH is 2. The van der Waals surface area contributed by atoms with Gasteiger partial charge in [-0.2, -0.15) is 0 Å². The summed E-state index contributed by atoms with van der Waals surface area (Å²) >= 11 is 0. The Balaban J connectivity index is 3.16. The van der Waals surface area contributed by atoms with Crippen molar-refractivity contribution in [1.82, 2.24) is 5.32 Å². The van der Waals surface area contributed by atoms with Gasteiger partial charge in [-0.15, -0.1) is 0 Å². The average molecular weight is 133 g/mol. The third-order valence-corrected chi connectivity index (χ3v) is 1.30. The number of hydrogen-bond acceptors (Lipinski definition) is 3. The number of rotatable bonds is 4. The summed E-state index contributed by atoms with van der Waals surface area (Å²) < 4.78 is 0. The normalized spacial score (nSPS) is 17.3. The van der Waals surface area contributed by atoms with E-state index in [9.17, 15) is 0 Å². The molecule has 0 heterocycles. The first-order valence-corrected chi connectivity index (χ1v) is 3.20. The highest BCUT2D eigenvalue weighted by atomic mass is 16.3. The molecule has 0 spiro atoms. The monoisotopic (exact) mass is 133 g/mol. The Morgan fingerprint density at radius 1 is 1.44 bits per heavy atom. The molecule has 0 saturated heterocycles. The molecule has 2 unspecified atom stereocenters. The lowest BCUT2D eigenvalue weighted by atomic mass is 10.2. The van der Waals surface area contributed by atoms with Gasteiger partial charge in [0, 0.05) is 12.6 Å². The van der Waals surface area contributed by atoms with Crippen LogP contribution >= 0.6 is 0 Å². The van der Waals surface area contributed by atoms with Crippen molar-refractivity contribution in [3.05, 3.63) is 0 Å². The Morgan fingerprint density at radius 3 is 2.33 bits per heavy atom. The van der Waals surface area contributed by atoms with Crippen LogP contribution in [0.2, 0.25) is 0 Å². The molecule has 0 aliphatic carbocycles. The Morgan fingerprint density at radius 2 is 2.00 bits per heavy atom. The van der Waals surface area contributed by atoms with E-state index in [4.69, 9.17) is 10.2 Å². The van der Waals surface area contributed by atoms with Gasteiger partial charge in [-0.05, 0) is 13.8 Å². The quantitative estimate of drug-likeness (QED) is 0.477. The number of nitrogens with one attached hydrogen (secondary N) is 1. The van der Waals surface area contributed by atoms with Gasteiger partial charge >= 0.3 is 0 Å². The molecule has 3 heteroatoms. The molecule has 0 bridgehead atoms.